The van der Waals surface area contributed by atoms with Gasteiger partial charge >= 0.3 is 0 Å². The number of halogens is 4. The second kappa shape index (κ2) is 33.2. The highest BCUT2D eigenvalue weighted by Gasteiger charge is 2.27. The minimum absolute atomic E-state index is 0. The van der Waals surface area contributed by atoms with Gasteiger partial charge in [-0.3, -0.25) is 0 Å². The van der Waals surface area contributed by atoms with E-state index in [1.807, 2.05) is 24.3 Å². The summed E-state index contributed by atoms with van der Waals surface area (Å²) in [5, 5.41) is 6.86. The summed E-state index contributed by atoms with van der Waals surface area (Å²) in [6, 6.07) is 44.0. The third-order valence-corrected chi connectivity index (χ3v) is 21.2. The summed E-state index contributed by atoms with van der Waals surface area (Å²) in [5.74, 6) is 2.79. The number of imidazole rings is 1. The van der Waals surface area contributed by atoms with E-state index in [9.17, 15) is 25.6 Å². The lowest BCUT2D eigenvalue weighted by Gasteiger charge is -2.34. The molecule has 20 heteroatoms. The number of para-hydroxylation sites is 2. The molecule has 13 rings (SSSR count). The molecule has 2 aliphatic rings. The van der Waals surface area contributed by atoms with E-state index in [0.29, 0.717) is 46.1 Å². The first-order valence-electron chi connectivity index (χ1n) is 32.8. The number of pyridine rings is 2. The minimum atomic E-state index is -3.55. The number of aromatic nitrogens is 8. The maximum Gasteiger partial charge on any atom is 0.254 e. The van der Waals surface area contributed by atoms with Crippen molar-refractivity contribution in [3.8, 4) is 11.4 Å². The van der Waals surface area contributed by atoms with E-state index in [-0.39, 0.29) is 51.3 Å². The molecule has 11 aromatic rings. The van der Waals surface area contributed by atoms with Crippen LogP contribution >= 0.6 is 11.6 Å². The molecule has 97 heavy (non-hydrogen) atoms. The van der Waals surface area contributed by atoms with E-state index in [0.717, 1.165) is 77.5 Å². The largest absolute Gasteiger partial charge is 1.00 e. The highest BCUT2D eigenvalue weighted by atomic mass is 35.5. The number of hydrogen-bond acceptors (Lipinski definition) is 12. The molecule has 506 valence electrons. The number of anilines is 1. The lowest BCUT2D eigenvalue weighted by molar-refractivity contribution is -0.596. The van der Waals surface area contributed by atoms with Crippen LogP contribution in [0.4, 0.5) is 14.6 Å². The Morgan fingerprint density at radius 3 is 1.59 bits per heavy atom. The van der Waals surface area contributed by atoms with Crippen molar-refractivity contribution in [1.29, 1.82) is 0 Å². The van der Waals surface area contributed by atoms with Crippen LogP contribution < -0.4 is 27.2 Å². The monoisotopic (exact) mass is 1380 g/mol. The highest BCUT2D eigenvalue weighted by Crippen LogP contribution is 2.36. The number of piperidine rings is 2. The highest BCUT2D eigenvalue weighted by molar-refractivity contribution is 7.91. The molecule has 2 aliphatic heterocycles. The van der Waals surface area contributed by atoms with Crippen molar-refractivity contribution in [1.82, 2.24) is 39.8 Å². The predicted octanol–water partition coefficient (Wildman–Crippen LogP) is 13.7. The zero-order valence-corrected chi connectivity index (χ0v) is 59.2. The smallest absolute Gasteiger partial charge is 0.254 e. The Labute approximate surface area is 581 Å². The number of benzene rings is 6. The summed E-state index contributed by atoms with van der Waals surface area (Å²) in [6.07, 6.45) is 20.0. The van der Waals surface area contributed by atoms with Crippen LogP contribution in [0.5, 0.6) is 0 Å². The van der Waals surface area contributed by atoms with Gasteiger partial charge in [-0.05, 0) is 169 Å². The molecule has 6 aromatic carbocycles. The number of nitrogens with one attached hydrogen (secondary N) is 1. The molecule has 2 unspecified atom stereocenters. The molecule has 0 saturated carbocycles. The summed E-state index contributed by atoms with van der Waals surface area (Å²) in [5.41, 5.74) is 11.3. The summed E-state index contributed by atoms with van der Waals surface area (Å²) in [4.78, 5) is 26.9. The third-order valence-electron chi connectivity index (χ3n) is 17.6. The molecule has 2 atom stereocenters. The SMILES string of the molecule is CC(C)c1cccc(C(C)C)c1-n1cc[n+](-c2c(C(C)C)cccc2C(C)C)c1.Fc1cccc(C2CCCNC2)c1.O=S(=O)(Cc1ccncn1)c1ccc2c(Cl)nccc2c1.O=S(=O)(Cc1ccncn1)c1ccc2c(N3CCCC(c4cccc(F)c4)C3)nccc2c1.[Cl-]. The molecule has 7 heterocycles. The zero-order valence-electron chi connectivity index (χ0n) is 56.1. The molecule has 1 N–H and O–H groups in total. The van der Waals surface area contributed by atoms with E-state index in [2.05, 4.69) is 160 Å². The molecule has 0 bridgehead atoms. The van der Waals surface area contributed by atoms with Crippen LogP contribution in [0, 0.1) is 11.6 Å². The van der Waals surface area contributed by atoms with Crippen molar-refractivity contribution in [2.24, 2.45) is 0 Å². The Kier molecular flexibility index (Phi) is 25.0. The van der Waals surface area contributed by atoms with Crippen molar-refractivity contribution < 1.29 is 42.6 Å². The van der Waals surface area contributed by atoms with Gasteiger partial charge in [0.05, 0.1) is 32.7 Å². The van der Waals surface area contributed by atoms with Crippen LogP contribution in [0.25, 0.3) is 32.9 Å². The van der Waals surface area contributed by atoms with E-state index in [1.54, 1.807) is 79.1 Å². The molecular formula is C77H84Cl2F2N10O4S2. The zero-order chi connectivity index (χ0) is 68.1. The molecule has 5 aromatic heterocycles. The summed E-state index contributed by atoms with van der Waals surface area (Å²) >= 11 is 5.98. The fourth-order valence-corrected chi connectivity index (χ4v) is 15.4. The van der Waals surface area contributed by atoms with Gasteiger partial charge in [0.15, 0.2) is 19.7 Å². The van der Waals surface area contributed by atoms with Crippen LogP contribution in [0.15, 0.2) is 212 Å². The van der Waals surface area contributed by atoms with Gasteiger partial charge in [-0.1, -0.05) is 128 Å². The van der Waals surface area contributed by atoms with E-state index in [1.165, 1.54) is 89.7 Å². The van der Waals surface area contributed by atoms with Crippen LogP contribution in [-0.4, -0.2) is 77.5 Å². The van der Waals surface area contributed by atoms with E-state index >= 15 is 0 Å². The minimum Gasteiger partial charge on any atom is -1.00 e. The first kappa shape index (κ1) is 72.9. The fraction of sp³-hybridized carbons (Fsp3) is 0.312. The maximum atomic E-state index is 13.7. The Morgan fingerprint density at radius 1 is 0.567 bits per heavy atom. The van der Waals surface area contributed by atoms with Crippen LogP contribution in [0.3, 0.4) is 0 Å². The lowest BCUT2D eigenvalue weighted by Crippen LogP contribution is -3.00. The average molecular weight is 1390 g/mol. The first-order valence-corrected chi connectivity index (χ1v) is 36.5. The number of fused-ring (bicyclic) bond motifs is 2. The van der Waals surface area contributed by atoms with Crippen LogP contribution in [0.1, 0.15) is 161 Å². The van der Waals surface area contributed by atoms with Crippen molar-refractivity contribution in [3.63, 3.8) is 0 Å². The van der Waals surface area contributed by atoms with Gasteiger partial charge in [0.25, 0.3) is 6.33 Å². The third kappa shape index (κ3) is 18.4. The van der Waals surface area contributed by atoms with Gasteiger partial charge < -0.3 is 22.6 Å². The number of nitrogens with zero attached hydrogens (tertiary/aromatic N) is 9. The Bertz CT molecular complexity index is 4540. The summed E-state index contributed by atoms with van der Waals surface area (Å²) < 4.78 is 82.0. The van der Waals surface area contributed by atoms with Crippen molar-refractivity contribution in [3.05, 3.63) is 263 Å². The molecule has 0 aliphatic carbocycles. The maximum absolute atomic E-state index is 13.7. The molecule has 2 fully saturated rings. The van der Waals surface area contributed by atoms with E-state index < -0.39 is 19.7 Å². The second-order valence-corrected chi connectivity index (χ2v) is 30.1. The number of hydrogen-bond donors (Lipinski definition) is 1. The van der Waals surface area contributed by atoms with Gasteiger partial charge in [-0.15, -0.1) is 0 Å². The van der Waals surface area contributed by atoms with Gasteiger partial charge in [-0.2, -0.15) is 0 Å². The summed E-state index contributed by atoms with van der Waals surface area (Å²) in [6.45, 7) is 22.0. The van der Waals surface area contributed by atoms with Crippen molar-refractivity contribution in [2.75, 3.05) is 31.1 Å². The molecule has 14 nitrogen and oxygen atoms in total. The Hall–Kier alpha value is -8.39. The first-order chi connectivity index (χ1) is 46.1. The van der Waals surface area contributed by atoms with Gasteiger partial charge in [0.2, 0.25) is 0 Å². The molecule has 0 spiro atoms. The molecule has 0 amide bonds. The van der Waals surface area contributed by atoms with E-state index in [4.69, 9.17) is 11.6 Å². The second-order valence-electron chi connectivity index (χ2n) is 25.8. The predicted molar refractivity (Wildman–Crippen MR) is 380 cm³/mol. The number of rotatable bonds is 15. The Morgan fingerprint density at radius 2 is 1.07 bits per heavy atom. The Balaban J connectivity index is 0.000000158. The summed E-state index contributed by atoms with van der Waals surface area (Å²) in [7, 11) is -7.02. The normalized spacial score (nSPS) is 14.9. The lowest BCUT2D eigenvalue weighted by atomic mass is 9.90. The van der Waals surface area contributed by atoms with Gasteiger partial charge in [0.1, 0.15) is 59.0 Å². The quantitative estimate of drug-likeness (QED) is 0.0762. The topological polar surface area (TPSA) is 170 Å². The van der Waals surface area contributed by atoms with Crippen molar-refractivity contribution >= 4 is 58.6 Å². The fourth-order valence-electron chi connectivity index (χ4n) is 12.6. The van der Waals surface area contributed by atoms with Crippen molar-refractivity contribution in [2.45, 2.75) is 138 Å². The number of sulfone groups is 2. The molecule has 0 radical (unpaired) electrons. The van der Waals surface area contributed by atoms with Gasteiger partial charge in [-0.25, -0.2) is 64.7 Å². The standard InChI is InChI=1S/C27H37N2.C25H23FN4O2S.C14H10ClN3O2S.C11H14FN.ClH/c1-18(2)22-11-9-12-23(19(3)4)26(22)28-15-16-29(17-28)27-24(20(5)6)13-10-14-25(27)21(7)8;26-21-5-1-3-18(13-21)20-4-2-12-30(15-20)25-24-7-6-23(14-19(24)8-11-28-25)33(31,32)16-22-9-10-27-17-29-22;15-14-13-2-1-12(7-10(13)3-6-17-14)21(19,20)8-11-4-5-16-9-18-11;12-11-5-1-3-9(7-11)10-4-2-6-13-8-10;/h9-21H,1-8H3;1,3,5-11,13-14,17,20H,2,4,12,15-16H2;1-7,9H,8H2;1,3,5,7,10,13H,2,4,6,8H2;1H/q+1;;;;/p-1. The van der Waals surface area contributed by atoms with Crippen LogP contribution in [0.2, 0.25) is 5.15 Å². The van der Waals surface area contributed by atoms with Gasteiger partial charge in [0, 0.05) is 83.4 Å². The molecular weight excluding hydrogens is 1300 g/mol. The van der Waals surface area contributed by atoms with Crippen LogP contribution in [-0.2, 0) is 31.2 Å². The average Bonchev–Trinajstić information content (AvgIpc) is 1.77. The molecule has 2 saturated heterocycles.